The normalized spacial score (nSPS) is 32.1. The second-order valence-electron chi connectivity index (χ2n) is 4.65. The molecular weight excluding hydrogens is 166 g/mol. The zero-order valence-electron chi connectivity index (χ0n) is 8.75. The molecular formula is C10H21NO2. The van der Waals surface area contributed by atoms with Crippen LogP contribution in [-0.4, -0.2) is 34.0 Å². The van der Waals surface area contributed by atoms with Crippen molar-refractivity contribution in [2.45, 2.75) is 63.8 Å². The predicted molar refractivity (Wildman–Crippen MR) is 52.5 cm³/mol. The molecule has 3 atom stereocenters. The minimum atomic E-state index is -0.403. The van der Waals surface area contributed by atoms with Crippen molar-refractivity contribution in [2.24, 2.45) is 0 Å². The second-order valence-corrected chi connectivity index (χ2v) is 4.65. The summed E-state index contributed by atoms with van der Waals surface area (Å²) in [5.74, 6) is 0. The molecule has 3 N–H and O–H groups in total. The van der Waals surface area contributed by atoms with Gasteiger partial charge >= 0.3 is 0 Å². The molecule has 0 aliphatic heterocycles. The fraction of sp³-hybridized carbons (Fsp3) is 1.00. The fourth-order valence-electron chi connectivity index (χ4n) is 1.71. The van der Waals surface area contributed by atoms with Crippen LogP contribution in [0.5, 0.6) is 0 Å². The van der Waals surface area contributed by atoms with Crippen molar-refractivity contribution >= 4 is 0 Å². The Hall–Kier alpha value is -0.120. The molecule has 1 unspecified atom stereocenters. The Balaban J connectivity index is 2.47. The zero-order chi connectivity index (χ0) is 10.1. The van der Waals surface area contributed by atoms with Crippen LogP contribution >= 0.6 is 0 Å². The van der Waals surface area contributed by atoms with E-state index in [0.717, 1.165) is 19.3 Å². The summed E-state index contributed by atoms with van der Waals surface area (Å²) >= 11 is 0. The number of hydrogen-bond acceptors (Lipinski definition) is 3. The molecule has 1 aliphatic rings. The van der Waals surface area contributed by atoms with Gasteiger partial charge in [-0.2, -0.15) is 0 Å². The summed E-state index contributed by atoms with van der Waals surface area (Å²) in [6.07, 6.45) is 2.33. The molecule has 1 saturated carbocycles. The van der Waals surface area contributed by atoms with E-state index in [1.165, 1.54) is 0 Å². The number of hydrogen-bond donors (Lipinski definition) is 3. The first kappa shape index (κ1) is 11.0. The molecule has 0 bridgehead atoms. The minimum Gasteiger partial charge on any atom is -0.392 e. The molecule has 0 aromatic carbocycles. The first-order valence-corrected chi connectivity index (χ1v) is 5.07. The van der Waals surface area contributed by atoms with Crippen molar-refractivity contribution in [3.63, 3.8) is 0 Å². The lowest BCUT2D eigenvalue weighted by atomic mass is 9.96. The summed E-state index contributed by atoms with van der Waals surface area (Å²) in [6, 6.07) is 0.157. The predicted octanol–water partition coefficient (Wildman–Crippen LogP) is 0.649. The lowest BCUT2D eigenvalue weighted by Gasteiger charge is -2.34. The molecule has 78 valence electrons. The maximum Gasteiger partial charge on any atom is 0.0693 e. The lowest BCUT2D eigenvalue weighted by molar-refractivity contribution is 0.0647. The van der Waals surface area contributed by atoms with Gasteiger partial charge in [0.05, 0.1) is 12.2 Å². The summed E-state index contributed by atoms with van der Waals surface area (Å²) < 4.78 is 0. The Morgan fingerprint density at radius 2 is 2.00 bits per heavy atom. The van der Waals surface area contributed by atoms with E-state index >= 15 is 0 Å². The molecule has 0 aromatic heterocycles. The van der Waals surface area contributed by atoms with Crippen molar-refractivity contribution in [1.82, 2.24) is 5.32 Å². The highest BCUT2D eigenvalue weighted by molar-refractivity contribution is 4.92. The highest BCUT2D eigenvalue weighted by Crippen LogP contribution is 2.22. The van der Waals surface area contributed by atoms with Gasteiger partial charge in [0.15, 0.2) is 0 Å². The van der Waals surface area contributed by atoms with Gasteiger partial charge in [0.1, 0.15) is 0 Å². The van der Waals surface area contributed by atoms with Crippen molar-refractivity contribution < 1.29 is 10.2 Å². The molecule has 0 heterocycles. The third-order valence-corrected chi connectivity index (χ3v) is 3.08. The van der Waals surface area contributed by atoms with Crippen LogP contribution in [0.15, 0.2) is 0 Å². The molecule has 3 heteroatoms. The Morgan fingerprint density at radius 3 is 2.38 bits per heavy atom. The number of nitrogens with one attached hydrogen (secondary N) is 1. The summed E-state index contributed by atoms with van der Waals surface area (Å²) in [7, 11) is 0. The second kappa shape index (κ2) is 3.95. The van der Waals surface area contributed by atoms with Gasteiger partial charge in [-0.25, -0.2) is 0 Å². The van der Waals surface area contributed by atoms with Gasteiger partial charge in [0, 0.05) is 11.6 Å². The molecule has 0 radical (unpaired) electrons. The Morgan fingerprint density at radius 1 is 1.38 bits per heavy atom. The maximum atomic E-state index is 9.59. The summed E-state index contributed by atoms with van der Waals surface area (Å²) in [5, 5.41) is 22.4. The number of aliphatic hydroxyl groups is 2. The quantitative estimate of drug-likeness (QED) is 0.608. The first-order valence-electron chi connectivity index (χ1n) is 5.07. The largest absolute Gasteiger partial charge is 0.392 e. The first-order chi connectivity index (χ1) is 5.93. The molecule has 0 saturated heterocycles. The Bertz CT molecular complexity index is 168. The lowest BCUT2D eigenvalue weighted by Crippen LogP contribution is -2.54. The van der Waals surface area contributed by atoms with Crippen LogP contribution in [-0.2, 0) is 0 Å². The van der Waals surface area contributed by atoms with Gasteiger partial charge < -0.3 is 15.5 Å². The smallest absolute Gasteiger partial charge is 0.0693 e. The number of aliphatic hydroxyl groups excluding tert-OH is 2. The molecule has 13 heavy (non-hydrogen) atoms. The molecule has 1 rings (SSSR count). The maximum absolute atomic E-state index is 9.59. The third-order valence-electron chi connectivity index (χ3n) is 3.08. The van der Waals surface area contributed by atoms with Crippen LogP contribution in [0, 0.1) is 0 Å². The van der Waals surface area contributed by atoms with Gasteiger partial charge in [0.2, 0.25) is 0 Å². The SMILES string of the molecule is CC(O)C(C)(C)N[C@@H]1CCC[C@H]1O. The standard InChI is InChI=1S/C10H21NO2/c1-7(12)10(2,3)11-8-5-4-6-9(8)13/h7-9,11-13H,4-6H2,1-3H3/t7?,8-,9-/m1/s1. The van der Waals surface area contributed by atoms with Crippen molar-refractivity contribution in [3.05, 3.63) is 0 Å². The topological polar surface area (TPSA) is 52.5 Å². The van der Waals surface area contributed by atoms with Gasteiger partial charge in [0.25, 0.3) is 0 Å². The van der Waals surface area contributed by atoms with E-state index in [0.29, 0.717) is 0 Å². The van der Waals surface area contributed by atoms with E-state index < -0.39 is 6.10 Å². The fourth-order valence-corrected chi connectivity index (χ4v) is 1.71. The number of rotatable bonds is 3. The molecule has 0 aromatic rings. The highest BCUT2D eigenvalue weighted by Gasteiger charge is 2.32. The van der Waals surface area contributed by atoms with Crippen molar-refractivity contribution in [2.75, 3.05) is 0 Å². The van der Waals surface area contributed by atoms with E-state index in [4.69, 9.17) is 0 Å². The van der Waals surface area contributed by atoms with Gasteiger partial charge in [-0.1, -0.05) is 0 Å². The van der Waals surface area contributed by atoms with Crippen molar-refractivity contribution in [3.8, 4) is 0 Å². The van der Waals surface area contributed by atoms with E-state index in [9.17, 15) is 10.2 Å². The summed E-state index contributed by atoms with van der Waals surface area (Å²) in [4.78, 5) is 0. The third kappa shape index (κ3) is 2.66. The molecule has 0 amide bonds. The van der Waals surface area contributed by atoms with Crippen LogP contribution in [0.1, 0.15) is 40.0 Å². The Kier molecular flexibility index (Phi) is 3.33. The summed E-state index contributed by atoms with van der Waals surface area (Å²) in [6.45, 7) is 5.69. The van der Waals surface area contributed by atoms with Crippen molar-refractivity contribution in [1.29, 1.82) is 0 Å². The molecule has 1 fully saturated rings. The Labute approximate surface area is 80.2 Å². The summed E-state index contributed by atoms with van der Waals surface area (Å²) in [5.41, 5.74) is -0.310. The van der Waals surface area contributed by atoms with E-state index in [1.54, 1.807) is 6.92 Å². The van der Waals surface area contributed by atoms with Crippen LogP contribution in [0.3, 0.4) is 0 Å². The van der Waals surface area contributed by atoms with E-state index in [2.05, 4.69) is 5.32 Å². The van der Waals surface area contributed by atoms with Gasteiger partial charge in [-0.05, 0) is 40.0 Å². The molecule has 0 spiro atoms. The van der Waals surface area contributed by atoms with Gasteiger partial charge in [-0.3, -0.25) is 0 Å². The zero-order valence-corrected chi connectivity index (χ0v) is 8.75. The van der Waals surface area contributed by atoms with Crippen LogP contribution in [0.4, 0.5) is 0 Å². The van der Waals surface area contributed by atoms with E-state index in [-0.39, 0.29) is 17.7 Å². The van der Waals surface area contributed by atoms with Crippen LogP contribution in [0.2, 0.25) is 0 Å². The van der Waals surface area contributed by atoms with Crippen LogP contribution in [0.25, 0.3) is 0 Å². The molecule has 1 aliphatic carbocycles. The average molecular weight is 187 g/mol. The van der Waals surface area contributed by atoms with Gasteiger partial charge in [-0.15, -0.1) is 0 Å². The minimum absolute atomic E-state index is 0.157. The highest BCUT2D eigenvalue weighted by atomic mass is 16.3. The van der Waals surface area contributed by atoms with Crippen LogP contribution < -0.4 is 5.32 Å². The molecule has 3 nitrogen and oxygen atoms in total. The van der Waals surface area contributed by atoms with E-state index in [1.807, 2.05) is 13.8 Å². The average Bonchev–Trinajstić information content (AvgIpc) is 2.35. The monoisotopic (exact) mass is 187 g/mol.